The van der Waals surface area contributed by atoms with Crippen molar-refractivity contribution in [2.24, 2.45) is 0 Å². The SMILES string of the molecule is OCCCCCN1CCC(c2c[nH]c3ccccc23)CC1. The Hall–Kier alpha value is -1.32. The van der Waals surface area contributed by atoms with Crippen LogP contribution in [0.1, 0.15) is 43.6 Å². The van der Waals surface area contributed by atoms with Gasteiger partial charge in [-0.05, 0) is 69.3 Å². The van der Waals surface area contributed by atoms with Crippen molar-refractivity contribution in [3.8, 4) is 0 Å². The van der Waals surface area contributed by atoms with Gasteiger partial charge >= 0.3 is 0 Å². The van der Waals surface area contributed by atoms with Crippen LogP contribution in [0.5, 0.6) is 0 Å². The molecule has 2 heterocycles. The van der Waals surface area contributed by atoms with E-state index in [-0.39, 0.29) is 0 Å². The number of unbranched alkanes of at least 4 members (excludes halogenated alkanes) is 2. The first-order chi connectivity index (χ1) is 10.4. The van der Waals surface area contributed by atoms with E-state index in [1.165, 1.54) is 55.4 Å². The number of nitrogens with one attached hydrogen (secondary N) is 1. The number of para-hydroxylation sites is 1. The van der Waals surface area contributed by atoms with Gasteiger partial charge in [0.15, 0.2) is 0 Å². The molecular formula is C18H26N2O. The van der Waals surface area contributed by atoms with Crippen LogP contribution in [0.4, 0.5) is 0 Å². The van der Waals surface area contributed by atoms with E-state index in [4.69, 9.17) is 5.11 Å². The van der Waals surface area contributed by atoms with Crippen molar-refractivity contribution in [3.63, 3.8) is 0 Å². The van der Waals surface area contributed by atoms with Gasteiger partial charge in [0.1, 0.15) is 0 Å². The molecule has 114 valence electrons. The number of nitrogens with zero attached hydrogens (tertiary/aromatic N) is 1. The molecule has 3 rings (SSSR count). The Bertz CT molecular complexity index is 555. The van der Waals surface area contributed by atoms with E-state index in [1.807, 2.05) is 0 Å². The molecule has 1 aromatic carbocycles. The summed E-state index contributed by atoms with van der Waals surface area (Å²) in [5.74, 6) is 0.704. The normalized spacial score (nSPS) is 17.6. The molecule has 1 aliphatic heterocycles. The number of likely N-dealkylation sites (tertiary alicyclic amines) is 1. The number of hydrogen-bond donors (Lipinski definition) is 2. The fourth-order valence-electron chi connectivity index (χ4n) is 3.52. The lowest BCUT2D eigenvalue weighted by Gasteiger charge is -2.32. The number of piperidine rings is 1. The van der Waals surface area contributed by atoms with Crippen molar-refractivity contribution in [2.45, 2.75) is 38.0 Å². The predicted molar refractivity (Wildman–Crippen MR) is 87.7 cm³/mol. The number of hydrogen-bond acceptors (Lipinski definition) is 2. The maximum atomic E-state index is 8.81. The largest absolute Gasteiger partial charge is 0.396 e. The number of H-pyrrole nitrogens is 1. The molecule has 0 unspecified atom stereocenters. The number of benzene rings is 1. The summed E-state index contributed by atoms with van der Waals surface area (Å²) in [6.07, 6.45) is 8.07. The summed E-state index contributed by atoms with van der Waals surface area (Å²) >= 11 is 0. The fourth-order valence-corrected chi connectivity index (χ4v) is 3.52. The highest BCUT2D eigenvalue weighted by atomic mass is 16.2. The van der Waals surface area contributed by atoms with Gasteiger partial charge in [-0.15, -0.1) is 0 Å². The predicted octanol–water partition coefficient (Wildman–Crippen LogP) is 3.51. The Balaban J connectivity index is 1.54. The van der Waals surface area contributed by atoms with Crippen molar-refractivity contribution in [3.05, 3.63) is 36.0 Å². The minimum Gasteiger partial charge on any atom is -0.396 e. The first-order valence-electron chi connectivity index (χ1n) is 8.27. The summed E-state index contributed by atoms with van der Waals surface area (Å²) in [6, 6.07) is 8.63. The second-order valence-electron chi connectivity index (χ2n) is 6.19. The average molecular weight is 286 g/mol. The first kappa shape index (κ1) is 14.6. The van der Waals surface area contributed by atoms with Crippen molar-refractivity contribution >= 4 is 10.9 Å². The smallest absolute Gasteiger partial charge is 0.0456 e. The molecule has 1 aliphatic rings. The van der Waals surface area contributed by atoms with Crippen molar-refractivity contribution in [1.29, 1.82) is 0 Å². The highest BCUT2D eigenvalue weighted by Gasteiger charge is 2.22. The molecular weight excluding hydrogens is 260 g/mol. The summed E-state index contributed by atoms with van der Waals surface area (Å²) in [5, 5.41) is 10.2. The topological polar surface area (TPSA) is 39.3 Å². The summed E-state index contributed by atoms with van der Waals surface area (Å²) in [7, 11) is 0. The van der Waals surface area contributed by atoms with Gasteiger partial charge < -0.3 is 15.0 Å². The molecule has 0 radical (unpaired) electrons. The van der Waals surface area contributed by atoms with Crippen molar-refractivity contribution in [2.75, 3.05) is 26.2 Å². The Morgan fingerprint density at radius 3 is 2.71 bits per heavy atom. The van der Waals surface area contributed by atoms with Gasteiger partial charge in [-0.3, -0.25) is 0 Å². The van der Waals surface area contributed by atoms with Gasteiger partial charge in [-0.2, -0.15) is 0 Å². The Morgan fingerprint density at radius 2 is 1.90 bits per heavy atom. The molecule has 3 nitrogen and oxygen atoms in total. The molecule has 0 amide bonds. The standard InChI is InChI=1S/C18H26N2O/c21-13-5-1-4-10-20-11-8-15(9-12-20)17-14-19-18-7-3-2-6-16(17)18/h2-3,6-7,14-15,19,21H,1,4-5,8-13H2. The van der Waals surface area contributed by atoms with Gasteiger partial charge in [0.25, 0.3) is 0 Å². The Labute approximate surface area is 127 Å². The zero-order valence-corrected chi connectivity index (χ0v) is 12.7. The van der Waals surface area contributed by atoms with Crippen molar-refractivity contribution in [1.82, 2.24) is 9.88 Å². The lowest BCUT2D eigenvalue weighted by atomic mass is 9.89. The van der Waals surface area contributed by atoms with Gasteiger partial charge in [0, 0.05) is 23.7 Å². The summed E-state index contributed by atoms with van der Waals surface area (Å²) in [4.78, 5) is 5.99. The molecule has 1 aromatic heterocycles. The summed E-state index contributed by atoms with van der Waals surface area (Å²) in [5.41, 5.74) is 2.77. The Morgan fingerprint density at radius 1 is 1.10 bits per heavy atom. The molecule has 3 heteroatoms. The van der Waals surface area contributed by atoms with Gasteiger partial charge in [-0.25, -0.2) is 0 Å². The van der Waals surface area contributed by atoms with Crippen LogP contribution in [-0.4, -0.2) is 41.2 Å². The monoisotopic (exact) mass is 286 g/mol. The van der Waals surface area contributed by atoms with E-state index in [0.29, 0.717) is 12.5 Å². The quantitative estimate of drug-likeness (QED) is 0.798. The van der Waals surface area contributed by atoms with Crippen LogP contribution in [0.15, 0.2) is 30.5 Å². The lowest BCUT2D eigenvalue weighted by molar-refractivity contribution is 0.205. The minimum atomic E-state index is 0.336. The van der Waals surface area contributed by atoms with E-state index in [9.17, 15) is 0 Å². The molecule has 2 aromatic rings. The van der Waals surface area contributed by atoms with Crippen LogP contribution in [0.25, 0.3) is 10.9 Å². The van der Waals surface area contributed by atoms with Gasteiger partial charge in [-0.1, -0.05) is 18.2 Å². The average Bonchev–Trinajstić information content (AvgIpc) is 2.96. The van der Waals surface area contributed by atoms with E-state index in [1.54, 1.807) is 0 Å². The maximum Gasteiger partial charge on any atom is 0.0456 e. The van der Waals surface area contributed by atoms with E-state index in [0.717, 1.165) is 12.8 Å². The number of aliphatic hydroxyl groups excluding tert-OH is 1. The summed E-state index contributed by atoms with van der Waals surface area (Å²) < 4.78 is 0. The lowest BCUT2D eigenvalue weighted by Crippen LogP contribution is -2.33. The van der Waals surface area contributed by atoms with Crippen LogP contribution >= 0.6 is 0 Å². The van der Waals surface area contributed by atoms with E-state index >= 15 is 0 Å². The molecule has 0 aliphatic carbocycles. The van der Waals surface area contributed by atoms with Gasteiger partial charge in [0.05, 0.1) is 0 Å². The number of fused-ring (bicyclic) bond motifs is 1. The van der Waals surface area contributed by atoms with Crippen LogP contribution < -0.4 is 0 Å². The number of aromatic amines is 1. The molecule has 21 heavy (non-hydrogen) atoms. The maximum absolute atomic E-state index is 8.81. The van der Waals surface area contributed by atoms with Crippen LogP contribution in [0.2, 0.25) is 0 Å². The van der Waals surface area contributed by atoms with Crippen LogP contribution in [0.3, 0.4) is 0 Å². The zero-order valence-electron chi connectivity index (χ0n) is 12.7. The number of aliphatic hydroxyl groups is 1. The third-order valence-corrected chi connectivity index (χ3v) is 4.78. The molecule has 0 saturated carbocycles. The van der Waals surface area contributed by atoms with Crippen LogP contribution in [0, 0.1) is 0 Å². The third-order valence-electron chi connectivity index (χ3n) is 4.78. The highest BCUT2D eigenvalue weighted by Crippen LogP contribution is 2.33. The molecule has 2 N–H and O–H groups in total. The highest BCUT2D eigenvalue weighted by molar-refractivity contribution is 5.83. The number of rotatable bonds is 6. The van der Waals surface area contributed by atoms with E-state index in [2.05, 4.69) is 40.3 Å². The van der Waals surface area contributed by atoms with E-state index < -0.39 is 0 Å². The third kappa shape index (κ3) is 3.47. The second kappa shape index (κ2) is 7.10. The fraction of sp³-hybridized carbons (Fsp3) is 0.556. The Kier molecular flexibility index (Phi) is 4.94. The molecule has 1 saturated heterocycles. The molecule has 1 fully saturated rings. The first-order valence-corrected chi connectivity index (χ1v) is 8.27. The molecule has 0 spiro atoms. The van der Waals surface area contributed by atoms with Gasteiger partial charge in [0.2, 0.25) is 0 Å². The second-order valence-corrected chi connectivity index (χ2v) is 6.19. The zero-order chi connectivity index (χ0) is 14.5. The molecule has 0 bridgehead atoms. The molecule has 0 atom stereocenters. The van der Waals surface area contributed by atoms with Crippen LogP contribution in [-0.2, 0) is 0 Å². The number of aromatic nitrogens is 1. The summed E-state index contributed by atoms with van der Waals surface area (Å²) in [6.45, 7) is 3.95. The van der Waals surface area contributed by atoms with Crippen molar-refractivity contribution < 1.29 is 5.11 Å². The minimum absolute atomic E-state index is 0.336.